The molecule has 2 rings (SSSR count). The lowest BCUT2D eigenvalue weighted by Gasteiger charge is -2.22. The van der Waals surface area contributed by atoms with Crippen LogP contribution in [0, 0.1) is 0 Å². The number of nitrogens with zero attached hydrogens (tertiary/aromatic N) is 2. The fourth-order valence-corrected chi connectivity index (χ4v) is 1.32. The molecule has 0 aromatic heterocycles. The van der Waals surface area contributed by atoms with E-state index in [-0.39, 0.29) is 5.75 Å². The molecule has 0 bridgehead atoms. The molecule has 1 aromatic carbocycles. The largest absolute Gasteiger partial charge is 0.508 e. The van der Waals surface area contributed by atoms with E-state index < -0.39 is 7.05 Å². The first-order chi connectivity index (χ1) is 6.18. The van der Waals surface area contributed by atoms with Gasteiger partial charge < -0.3 is 15.1 Å². The highest BCUT2D eigenvalue weighted by atomic mass is 16.3. The van der Waals surface area contributed by atoms with Crippen molar-refractivity contribution in [2.45, 2.75) is 0 Å². The van der Waals surface area contributed by atoms with Gasteiger partial charge in [0.1, 0.15) is 5.75 Å². The van der Waals surface area contributed by atoms with Crippen LogP contribution in [0.25, 0.3) is 0 Å². The minimum Gasteiger partial charge on any atom is -0.508 e. The van der Waals surface area contributed by atoms with Crippen molar-refractivity contribution in [1.29, 1.82) is 0 Å². The zero-order valence-corrected chi connectivity index (χ0v) is 7.18. The van der Waals surface area contributed by atoms with Gasteiger partial charge in [0.2, 0.25) is 0 Å². The van der Waals surface area contributed by atoms with Gasteiger partial charge in [-0.25, -0.2) is 0 Å². The number of hydrogen-bond donors (Lipinski definition) is 2. The zero-order valence-electron chi connectivity index (χ0n) is 7.18. The summed E-state index contributed by atoms with van der Waals surface area (Å²) in [6.07, 6.45) is 1.65. The van der Waals surface area contributed by atoms with Crippen LogP contribution >= 0.6 is 0 Å². The minimum atomic E-state index is -0.771. The van der Waals surface area contributed by atoms with E-state index in [1.807, 2.05) is 0 Å². The predicted molar refractivity (Wildman–Crippen MR) is 51.1 cm³/mol. The fraction of sp³-hybridized carbons (Fsp3) is 0.125. The maximum atomic E-state index is 9.66. The fourth-order valence-electron chi connectivity index (χ4n) is 1.32. The summed E-state index contributed by atoms with van der Waals surface area (Å²) in [5.41, 5.74) is 1.51. The van der Waals surface area contributed by atoms with Crippen LogP contribution in [-0.4, -0.2) is 35.4 Å². The van der Waals surface area contributed by atoms with E-state index in [0.717, 1.165) is 5.56 Å². The van der Waals surface area contributed by atoms with Crippen LogP contribution in [0.5, 0.6) is 5.75 Å². The summed E-state index contributed by atoms with van der Waals surface area (Å²) < 4.78 is 0. The average Bonchev–Trinajstić information content (AvgIpc) is 2.12. The number of fused-ring (bicyclic) bond motifs is 1. The number of phenolic OH excluding ortho intramolecular Hbond substituents is 1. The summed E-state index contributed by atoms with van der Waals surface area (Å²) in [6, 6.07) is 4.84. The quantitative estimate of drug-likeness (QED) is 0.517. The normalized spacial score (nSPS) is 14.6. The molecule has 1 aliphatic rings. The highest BCUT2D eigenvalue weighted by molar-refractivity contribution is 6.65. The van der Waals surface area contributed by atoms with E-state index in [1.165, 1.54) is 4.92 Å². The van der Waals surface area contributed by atoms with Crippen molar-refractivity contribution >= 4 is 18.7 Å². The highest BCUT2D eigenvalue weighted by Gasteiger charge is 2.26. The van der Waals surface area contributed by atoms with Crippen molar-refractivity contribution in [1.82, 2.24) is 4.92 Å². The van der Waals surface area contributed by atoms with Gasteiger partial charge in [0.05, 0.1) is 6.21 Å². The summed E-state index contributed by atoms with van der Waals surface area (Å²) in [5.74, 6) is 0.154. The van der Waals surface area contributed by atoms with Gasteiger partial charge in [-0.2, -0.15) is 5.10 Å². The maximum absolute atomic E-state index is 9.66. The molecule has 0 radical (unpaired) electrons. The van der Waals surface area contributed by atoms with Gasteiger partial charge in [0.25, 0.3) is 0 Å². The molecular weight excluding hydrogens is 167 g/mol. The molecule has 0 saturated carbocycles. The molecule has 0 spiro atoms. The number of hydrogen-bond acceptors (Lipinski definition) is 4. The van der Waals surface area contributed by atoms with Gasteiger partial charge in [-0.15, -0.1) is 0 Å². The number of benzene rings is 1. The molecule has 0 saturated heterocycles. The molecular formula is C8H9BN2O2. The third kappa shape index (κ3) is 1.27. The third-order valence-corrected chi connectivity index (χ3v) is 2.08. The molecule has 4 nitrogen and oxygen atoms in total. The van der Waals surface area contributed by atoms with Crippen LogP contribution < -0.4 is 5.46 Å². The Morgan fingerprint density at radius 3 is 3.00 bits per heavy atom. The number of phenols is 1. The predicted octanol–water partition coefficient (Wildman–Crippen LogP) is -0.641. The lowest BCUT2D eigenvalue weighted by atomic mass is 9.70. The number of hydrazone groups is 1. The van der Waals surface area contributed by atoms with E-state index >= 15 is 0 Å². The first-order valence-electron chi connectivity index (χ1n) is 3.96. The Morgan fingerprint density at radius 2 is 2.23 bits per heavy atom. The first-order valence-corrected chi connectivity index (χ1v) is 3.96. The first kappa shape index (κ1) is 8.13. The molecule has 13 heavy (non-hydrogen) atoms. The Labute approximate surface area is 76.2 Å². The molecule has 0 aliphatic carbocycles. The summed E-state index contributed by atoms with van der Waals surface area (Å²) in [7, 11) is 0.904. The molecule has 0 fully saturated rings. The molecule has 1 heterocycles. The monoisotopic (exact) mass is 176 g/mol. The maximum Gasteiger partial charge on any atom is 0.466 e. The Morgan fingerprint density at radius 1 is 1.46 bits per heavy atom. The Balaban J connectivity index is 2.54. The van der Waals surface area contributed by atoms with Gasteiger partial charge in [0.15, 0.2) is 0 Å². The number of aromatic hydroxyl groups is 1. The molecule has 2 N–H and O–H groups in total. The minimum absolute atomic E-state index is 0.154. The van der Waals surface area contributed by atoms with E-state index in [2.05, 4.69) is 5.10 Å². The molecule has 66 valence electrons. The van der Waals surface area contributed by atoms with Crippen LogP contribution in [0.3, 0.4) is 0 Å². The van der Waals surface area contributed by atoms with E-state index in [9.17, 15) is 10.1 Å². The molecule has 0 amide bonds. The molecule has 1 aliphatic heterocycles. The van der Waals surface area contributed by atoms with Crippen molar-refractivity contribution < 1.29 is 10.1 Å². The molecule has 0 unspecified atom stereocenters. The van der Waals surface area contributed by atoms with Crippen molar-refractivity contribution in [3.05, 3.63) is 23.8 Å². The lowest BCUT2D eigenvalue weighted by molar-refractivity contribution is 0.441. The Kier molecular flexibility index (Phi) is 1.74. The van der Waals surface area contributed by atoms with Crippen LogP contribution in [0.1, 0.15) is 5.56 Å². The van der Waals surface area contributed by atoms with Gasteiger partial charge >= 0.3 is 7.05 Å². The second kappa shape index (κ2) is 2.78. The van der Waals surface area contributed by atoms with E-state index in [1.54, 1.807) is 31.5 Å². The smallest absolute Gasteiger partial charge is 0.466 e. The van der Waals surface area contributed by atoms with E-state index in [0.29, 0.717) is 5.46 Å². The summed E-state index contributed by atoms with van der Waals surface area (Å²) in [6.45, 7) is 0. The van der Waals surface area contributed by atoms with Crippen molar-refractivity contribution in [3.8, 4) is 5.75 Å². The average molecular weight is 176 g/mol. The van der Waals surface area contributed by atoms with Gasteiger partial charge in [-0.05, 0) is 23.2 Å². The zero-order chi connectivity index (χ0) is 9.42. The highest BCUT2D eigenvalue weighted by Crippen LogP contribution is 2.10. The van der Waals surface area contributed by atoms with Gasteiger partial charge in [-0.3, -0.25) is 0 Å². The van der Waals surface area contributed by atoms with E-state index in [4.69, 9.17) is 0 Å². The third-order valence-electron chi connectivity index (χ3n) is 2.08. The van der Waals surface area contributed by atoms with Crippen molar-refractivity contribution in [2.75, 3.05) is 7.05 Å². The standard InChI is InChI=1S/C8H9BN2O2/c1-11-9(13)8-4-7(12)3-2-6(8)5-10-11/h2-5,12-13H,1H3. The molecule has 1 aromatic rings. The van der Waals surface area contributed by atoms with Crippen LogP contribution in [0.4, 0.5) is 0 Å². The Hall–Kier alpha value is -1.49. The SMILES string of the molecule is CN1N=Cc2ccc(O)cc2B1O. The second-order valence-electron chi connectivity index (χ2n) is 3.01. The molecule has 0 atom stereocenters. The summed E-state index contributed by atoms with van der Waals surface area (Å²) in [4.78, 5) is 1.43. The molecule has 5 heteroatoms. The summed E-state index contributed by atoms with van der Waals surface area (Å²) >= 11 is 0. The van der Waals surface area contributed by atoms with Crippen LogP contribution in [-0.2, 0) is 0 Å². The van der Waals surface area contributed by atoms with Crippen LogP contribution in [0.15, 0.2) is 23.3 Å². The van der Waals surface area contributed by atoms with Gasteiger partial charge in [0, 0.05) is 7.05 Å². The van der Waals surface area contributed by atoms with Crippen molar-refractivity contribution in [3.63, 3.8) is 0 Å². The second-order valence-corrected chi connectivity index (χ2v) is 3.01. The van der Waals surface area contributed by atoms with Crippen molar-refractivity contribution in [2.24, 2.45) is 5.10 Å². The Bertz CT molecular complexity index is 367. The van der Waals surface area contributed by atoms with Gasteiger partial charge in [-0.1, -0.05) is 6.07 Å². The number of rotatable bonds is 0. The lowest BCUT2D eigenvalue weighted by Crippen LogP contribution is -2.47. The van der Waals surface area contributed by atoms with Crippen LogP contribution in [0.2, 0.25) is 0 Å². The topological polar surface area (TPSA) is 56.1 Å². The summed E-state index contributed by atoms with van der Waals surface area (Å²) in [5, 5.41) is 22.8.